The number of rotatable bonds is 6. The van der Waals surface area contributed by atoms with Crippen molar-refractivity contribution in [3.63, 3.8) is 0 Å². The van der Waals surface area contributed by atoms with E-state index in [4.69, 9.17) is 4.98 Å². The molecule has 0 amide bonds. The van der Waals surface area contributed by atoms with E-state index in [0.29, 0.717) is 27.4 Å². The van der Waals surface area contributed by atoms with Crippen molar-refractivity contribution in [2.45, 2.75) is 35.4 Å². The van der Waals surface area contributed by atoms with Crippen LogP contribution >= 0.6 is 11.8 Å². The van der Waals surface area contributed by atoms with Gasteiger partial charge in [-0.1, -0.05) is 48.2 Å². The fraction of sp³-hybridized carbons (Fsp3) is 0.167. The third-order valence-electron chi connectivity index (χ3n) is 5.42. The summed E-state index contributed by atoms with van der Waals surface area (Å²) in [7, 11) is -4.64. The van der Waals surface area contributed by atoms with Crippen molar-refractivity contribution in [2.75, 3.05) is 0 Å². The largest absolute Gasteiger partial charge is 0.341 e. The highest BCUT2D eigenvalue weighted by atomic mass is 32.2. The monoisotopic (exact) mass is 486 g/mol. The highest BCUT2D eigenvalue weighted by Crippen LogP contribution is 2.27. The SMILES string of the molecule is Cc1cccc(-n2c(SCc3ccc(S(=O)(=O)C(F)F)cc3)nc3ccccc3c2=O)c1C. The summed E-state index contributed by atoms with van der Waals surface area (Å²) in [6.45, 7) is 3.92. The van der Waals surface area contributed by atoms with Crippen molar-refractivity contribution in [1.82, 2.24) is 9.55 Å². The molecule has 0 bridgehead atoms. The molecule has 0 aliphatic carbocycles. The van der Waals surface area contributed by atoms with Gasteiger partial charge in [-0.3, -0.25) is 9.36 Å². The quantitative estimate of drug-likeness (QED) is 0.274. The van der Waals surface area contributed by atoms with Crippen LogP contribution in [0.1, 0.15) is 16.7 Å². The zero-order valence-electron chi connectivity index (χ0n) is 17.8. The van der Waals surface area contributed by atoms with Gasteiger partial charge < -0.3 is 0 Å². The molecule has 5 nitrogen and oxygen atoms in total. The van der Waals surface area contributed by atoms with Crippen LogP contribution in [0, 0.1) is 13.8 Å². The van der Waals surface area contributed by atoms with E-state index in [0.717, 1.165) is 16.8 Å². The Morgan fingerprint density at radius 3 is 2.36 bits per heavy atom. The second kappa shape index (κ2) is 9.07. The molecule has 0 atom stereocenters. The smallest absolute Gasteiger partial charge is 0.268 e. The number of fused-ring (bicyclic) bond motifs is 1. The van der Waals surface area contributed by atoms with Crippen LogP contribution in [0.4, 0.5) is 8.78 Å². The van der Waals surface area contributed by atoms with Gasteiger partial charge in [0.25, 0.3) is 5.56 Å². The maximum atomic E-state index is 13.4. The molecule has 1 heterocycles. The molecule has 0 saturated carbocycles. The summed E-state index contributed by atoms with van der Waals surface area (Å²) in [5.74, 6) is -3.10. The van der Waals surface area contributed by atoms with Crippen molar-refractivity contribution in [1.29, 1.82) is 0 Å². The molecule has 0 fully saturated rings. The van der Waals surface area contributed by atoms with E-state index in [1.165, 1.54) is 36.0 Å². The predicted molar refractivity (Wildman–Crippen MR) is 126 cm³/mol. The third kappa shape index (κ3) is 4.43. The van der Waals surface area contributed by atoms with Crippen molar-refractivity contribution >= 4 is 32.5 Å². The van der Waals surface area contributed by atoms with Gasteiger partial charge in [-0.15, -0.1) is 0 Å². The fourth-order valence-corrected chi connectivity index (χ4v) is 5.11. The normalized spacial score (nSPS) is 11.9. The minimum absolute atomic E-state index is 0.185. The molecule has 0 unspecified atom stereocenters. The Bertz CT molecular complexity index is 1500. The number of para-hydroxylation sites is 1. The minimum atomic E-state index is -4.64. The maximum absolute atomic E-state index is 13.4. The van der Waals surface area contributed by atoms with Crippen molar-refractivity contribution in [2.24, 2.45) is 0 Å². The molecule has 4 rings (SSSR count). The number of halogens is 2. The average Bonchev–Trinajstić information content (AvgIpc) is 2.80. The third-order valence-corrected chi connectivity index (χ3v) is 7.82. The first-order valence-corrected chi connectivity index (χ1v) is 12.6. The first-order chi connectivity index (χ1) is 15.7. The van der Waals surface area contributed by atoms with Crippen LogP contribution in [0.3, 0.4) is 0 Å². The summed E-state index contributed by atoms with van der Waals surface area (Å²) >= 11 is 1.31. The standard InChI is InChI=1S/C24H20F2N2O3S2/c1-15-6-5-9-21(16(15)2)28-22(29)19-7-3-4-8-20(19)27-24(28)32-14-17-10-12-18(13-11-17)33(30,31)23(25)26/h3-13,23H,14H2,1-2H3. The van der Waals surface area contributed by atoms with Gasteiger partial charge in [-0.25, -0.2) is 13.4 Å². The molecule has 170 valence electrons. The van der Waals surface area contributed by atoms with E-state index in [9.17, 15) is 22.0 Å². The Kier molecular flexibility index (Phi) is 6.36. The van der Waals surface area contributed by atoms with E-state index in [2.05, 4.69) is 0 Å². The molecule has 0 saturated heterocycles. The number of hydrogen-bond donors (Lipinski definition) is 0. The average molecular weight is 487 g/mol. The molecule has 0 aliphatic rings. The highest BCUT2D eigenvalue weighted by molar-refractivity contribution is 7.98. The summed E-state index contributed by atoms with van der Waals surface area (Å²) in [6.07, 6.45) is 0. The Morgan fingerprint density at radius 1 is 0.970 bits per heavy atom. The van der Waals surface area contributed by atoms with Gasteiger partial charge in [-0.2, -0.15) is 8.78 Å². The lowest BCUT2D eigenvalue weighted by Gasteiger charge is -2.16. The van der Waals surface area contributed by atoms with Gasteiger partial charge >= 0.3 is 5.76 Å². The lowest BCUT2D eigenvalue weighted by atomic mass is 10.1. The Hall–Kier alpha value is -3.04. The van der Waals surface area contributed by atoms with Crippen LogP contribution in [0.25, 0.3) is 16.6 Å². The maximum Gasteiger partial charge on any atom is 0.341 e. The van der Waals surface area contributed by atoms with E-state index in [1.807, 2.05) is 38.1 Å². The molecular formula is C24H20F2N2O3S2. The summed E-state index contributed by atoms with van der Waals surface area (Å²) in [4.78, 5) is 17.7. The van der Waals surface area contributed by atoms with Gasteiger partial charge in [-0.05, 0) is 60.9 Å². The number of sulfone groups is 1. The number of nitrogens with zero attached hydrogens (tertiary/aromatic N) is 2. The van der Waals surface area contributed by atoms with Crippen LogP contribution in [-0.4, -0.2) is 23.7 Å². The van der Waals surface area contributed by atoms with Crippen LogP contribution in [0.15, 0.2) is 81.6 Å². The van der Waals surface area contributed by atoms with Gasteiger partial charge in [0, 0.05) is 5.75 Å². The van der Waals surface area contributed by atoms with Crippen molar-refractivity contribution < 1.29 is 17.2 Å². The second-order valence-corrected chi connectivity index (χ2v) is 10.4. The number of aromatic nitrogens is 2. The predicted octanol–water partition coefficient (Wildman–Crippen LogP) is 5.29. The van der Waals surface area contributed by atoms with Crippen LogP contribution in [-0.2, 0) is 15.6 Å². The zero-order chi connectivity index (χ0) is 23.8. The van der Waals surface area contributed by atoms with Gasteiger partial charge in [0.15, 0.2) is 5.16 Å². The summed E-state index contributed by atoms with van der Waals surface area (Å²) in [6, 6.07) is 18.2. The van der Waals surface area contributed by atoms with Crippen molar-refractivity contribution in [3.8, 4) is 5.69 Å². The van der Waals surface area contributed by atoms with E-state index >= 15 is 0 Å². The van der Waals surface area contributed by atoms with Crippen LogP contribution in [0.5, 0.6) is 0 Å². The van der Waals surface area contributed by atoms with Gasteiger partial charge in [0.1, 0.15) is 0 Å². The fourth-order valence-electron chi connectivity index (χ4n) is 3.43. The Labute approximate surface area is 194 Å². The molecule has 0 spiro atoms. The summed E-state index contributed by atoms with van der Waals surface area (Å²) in [5.41, 5.74) is 3.83. The molecule has 1 aromatic heterocycles. The minimum Gasteiger partial charge on any atom is -0.268 e. The topological polar surface area (TPSA) is 69.0 Å². The molecule has 0 aliphatic heterocycles. The molecule has 4 aromatic rings. The molecular weight excluding hydrogens is 466 g/mol. The first-order valence-electron chi connectivity index (χ1n) is 10.0. The van der Waals surface area contributed by atoms with Crippen molar-refractivity contribution in [3.05, 3.63) is 93.8 Å². The van der Waals surface area contributed by atoms with Gasteiger partial charge in [0.05, 0.1) is 21.5 Å². The summed E-state index contributed by atoms with van der Waals surface area (Å²) < 4.78 is 50.4. The molecule has 0 N–H and O–H groups in total. The molecule has 0 radical (unpaired) electrons. The second-order valence-electron chi connectivity index (χ2n) is 7.51. The Balaban J connectivity index is 1.75. The molecule has 33 heavy (non-hydrogen) atoms. The van der Waals surface area contributed by atoms with E-state index < -0.39 is 20.5 Å². The van der Waals surface area contributed by atoms with Crippen LogP contribution < -0.4 is 5.56 Å². The zero-order valence-corrected chi connectivity index (χ0v) is 19.5. The molecule has 3 aromatic carbocycles. The highest BCUT2D eigenvalue weighted by Gasteiger charge is 2.26. The number of hydrogen-bond acceptors (Lipinski definition) is 5. The number of aryl methyl sites for hydroxylation is 1. The number of benzene rings is 3. The Morgan fingerprint density at radius 2 is 1.67 bits per heavy atom. The lowest BCUT2D eigenvalue weighted by molar-refractivity contribution is 0.234. The lowest BCUT2D eigenvalue weighted by Crippen LogP contribution is -2.22. The number of alkyl halides is 2. The summed E-state index contributed by atoms with van der Waals surface area (Å²) in [5, 5.41) is 0.987. The van der Waals surface area contributed by atoms with Gasteiger partial charge in [0.2, 0.25) is 9.84 Å². The van der Waals surface area contributed by atoms with E-state index in [-0.39, 0.29) is 5.56 Å². The van der Waals surface area contributed by atoms with E-state index in [1.54, 1.807) is 22.8 Å². The first kappa shape index (κ1) is 23.1. The van der Waals surface area contributed by atoms with Crippen LogP contribution in [0.2, 0.25) is 0 Å². The number of thioether (sulfide) groups is 1. The molecule has 9 heteroatoms.